The third kappa shape index (κ3) is 18.0. The largest absolute Gasteiger partial charge is 0.462 e. The first-order valence-corrected chi connectivity index (χ1v) is 11.0. The van der Waals surface area contributed by atoms with E-state index >= 15 is 0 Å². The Kier molecular flexibility index (Phi) is 16.5. The second-order valence-electron chi connectivity index (χ2n) is 8.23. The minimum atomic E-state index is -0.0541. The maximum atomic E-state index is 11.7. The number of esters is 1. The molecule has 0 atom stereocenters. The molecule has 0 spiro atoms. The Morgan fingerprint density at radius 1 is 0.680 bits per heavy atom. The van der Waals surface area contributed by atoms with E-state index in [9.17, 15) is 4.79 Å². The monoisotopic (exact) mass is 356 g/mol. The van der Waals surface area contributed by atoms with Gasteiger partial charge in [0.05, 0.1) is 27.2 Å². The van der Waals surface area contributed by atoms with Crippen molar-refractivity contribution in [1.29, 1.82) is 0 Å². The van der Waals surface area contributed by atoms with Crippen molar-refractivity contribution in [2.45, 2.75) is 104 Å². The van der Waals surface area contributed by atoms with Gasteiger partial charge in [0.2, 0.25) is 0 Å². The van der Waals surface area contributed by atoms with Crippen LogP contribution in [-0.2, 0) is 9.53 Å². The van der Waals surface area contributed by atoms with Gasteiger partial charge in [-0.25, -0.2) is 4.79 Å². The smallest absolute Gasteiger partial charge is 0.361 e. The Morgan fingerprint density at radius 2 is 1.08 bits per heavy atom. The van der Waals surface area contributed by atoms with Crippen LogP contribution < -0.4 is 0 Å². The minimum Gasteiger partial charge on any atom is -0.462 e. The van der Waals surface area contributed by atoms with Gasteiger partial charge in [-0.2, -0.15) is 0 Å². The van der Waals surface area contributed by atoms with Crippen LogP contribution in [0.4, 0.5) is 0 Å². The molecule has 0 rings (SSSR count). The highest BCUT2D eigenvalue weighted by molar-refractivity contribution is 5.70. The molecule has 3 nitrogen and oxygen atoms in total. The maximum Gasteiger partial charge on any atom is 0.361 e. The fraction of sp³-hybridized carbons (Fsp3) is 0.955. The van der Waals surface area contributed by atoms with Crippen LogP contribution >= 0.6 is 0 Å². The van der Waals surface area contributed by atoms with E-state index in [1.54, 1.807) is 0 Å². The number of quaternary nitrogens is 1. The second-order valence-corrected chi connectivity index (χ2v) is 8.23. The SMILES string of the molecule is CCCCCCCCCCCCCCCCOC(=O)C[N+](C)(C)CC. The molecule has 3 heteroatoms. The number of hydrogen-bond donors (Lipinski definition) is 0. The van der Waals surface area contributed by atoms with Gasteiger partial charge in [0, 0.05) is 0 Å². The quantitative estimate of drug-likeness (QED) is 0.168. The topological polar surface area (TPSA) is 26.3 Å². The van der Waals surface area contributed by atoms with Crippen molar-refractivity contribution in [3.63, 3.8) is 0 Å². The fourth-order valence-corrected chi connectivity index (χ4v) is 2.99. The summed E-state index contributed by atoms with van der Waals surface area (Å²) >= 11 is 0. The van der Waals surface area contributed by atoms with Crippen molar-refractivity contribution < 1.29 is 14.0 Å². The van der Waals surface area contributed by atoms with Gasteiger partial charge in [0.25, 0.3) is 0 Å². The first kappa shape index (κ1) is 24.4. The van der Waals surface area contributed by atoms with Crippen molar-refractivity contribution in [3.8, 4) is 0 Å². The van der Waals surface area contributed by atoms with Crippen LogP contribution in [-0.4, -0.2) is 44.2 Å². The predicted molar refractivity (Wildman–Crippen MR) is 109 cm³/mol. The van der Waals surface area contributed by atoms with Gasteiger partial charge in [-0.1, -0.05) is 90.4 Å². The van der Waals surface area contributed by atoms with Gasteiger partial charge < -0.3 is 9.22 Å². The number of hydrogen-bond acceptors (Lipinski definition) is 2. The lowest BCUT2D eigenvalue weighted by Gasteiger charge is -2.26. The predicted octanol–water partition coefficient (Wildman–Crippen LogP) is 6.11. The molecule has 0 aromatic rings. The molecule has 0 fully saturated rings. The summed E-state index contributed by atoms with van der Waals surface area (Å²) in [5.41, 5.74) is 0. The third-order valence-electron chi connectivity index (χ3n) is 5.17. The molecule has 0 aliphatic heterocycles. The Hall–Kier alpha value is -0.570. The first-order chi connectivity index (χ1) is 12.0. The number of nitrogens with zero attached hydrogens (tertiary/aromatic N) is 1. The highest BCUT2D eigenvalue weighted by Crippen LogP contribution is 2.13. The molecule has 0 bridgehead atoms. The summed E-state index contributed by atoms with van der Waals surface area (Å²) in [6.45, 7) is 6.41. The van der Waals surface area contributed by atoms with E-state index in [1.807, 2.05) is 0 Å². The lowest BCUT2D eigenvalue weighted by atomic mass is 10.0. The van der Waals surface area contributed by atoms with Crippen molar-refractivity contribution in [1.82, 2.24) is 0 Å². The van der Waals surface area contributed by atoms with E-state index < -0.39 is 0 Å². The van der Waals surface area contributed by atoms with E-state index in [4.69, 9.17) is 4.74 Å². The molecule has 0 saturated carbocycles. The van der Waals surface area contributed by atoms with Crippen LogP contribution in [0.2, 0.25) is 0 Å². The lowest BCUT2D eigenvalue weighted by molar-refractivity contribution is -0.881. The highest BCUT2D eigenvalue weighted by Gasteiger charge is 2.18. The molecule has 0 radical (unpaired) electrons. The summed E-state index contributed by atoms with van der Waals surface area (Å²) in [6.07, 6.45) is 18.9. The molecular formula is C22H46NO2+. The zero-order valence-corrected chi connectivity index (χ0v) is 17.8. The molecule has 150 valence electrons. The Morgan fingerprint density at radius 3 is 1.48 bits per heavy atom. The number of likely N-dealkylation sites (N-methyl/N-ethyl adjacent to an activating group) is 1. The van der Waals surface area contributed by atoms with Crippen molar-refractivity contribution >= 4 is 5.97 Å². The molecule has 0 unspecified atom stereocenters. The zero-order valence-electron chi connectivity index (χ0n) is 17.8. The van der Waals surface area contributed by atoms with Crippen LogP contribution in [0.3, 0.4) is 0 Å². The molecule has 0 aliphatic carbocycles. The van der Waals surface area contributed by atoms with Crippen LogP contribution in [0.25, 0.3) is 0 Å². The summed E-state index contributed by atoms with van der Waals surface area (Å²) in [5.74, 6) is -0.0541. The van der Waals surface area contributed by atoms with Crippen molar-refractivity contribution in [3.05, 3.63) is 0 Å². The minimum absolute atomic E-state index is 0.0541. The zero-order chi connectivity index (χ0) is 18.8. The summed E-state index contributed by atoms with van der Waals surface area (Å²) < 4.78 is 6.04. The number of unbranched alkanes of at least 4 members (excludes halogenated alkanes) is 13. The van der Waals surface area contributed by atoms with Crippen molar-refractivity contribution in [2.24, 2.45) is 0 Å². The summed E-state index contributed by atoms with van der Waals surface area (Å²) in [6, 6.07) is 0. The van der Waals surface area contributed by atoms with E-state index in [2.05, 4.69) is 27.9 Å². The molecule has 0 aliphatic rings. The molecule has 0 aromatic carbocycles. The van der Waals surface area contributed by atoms with E-state index in [0.717, 1.165) is 13.0 Å². The van der Waals surface area contributed by atoms with Gasteiger partial charge in [-0.05, 0) is 13.3 Å². The summed E-state index contributed by atoms with van der Waals surface area (Å²) in [5, 5.41) is 0. The van der Waals surface area contributed by atoms with E-state index in [-0.39, 0.29) is 5.97 Å². The Balaban J connectivity index is 3.20. The highest BCUT2D eigenvalue weighted by atomic mass is 16.5. The lowest BCUT2D eigenvalue weighted by Crippen LogP contribution is -2.44. The standard InChI is InChI=1S/C22H46NO2/c1-5-7-8-9-10-11-12-13-14-15-16-17-18-19-20-25-22(24)21-23(3,4)6-2/h5-21H2,1-4H3/q+1. The number of carbonyl (C=O) groups is 1. The molecule has 0 amide bonds. The molecular weight excluding hydrogens is 310 g/mol. The average Bonchev–Trinajstić information content (AvgIpc) is 2.58. The van der Waals surface area contributed by atoms with E-state index in [1.165, 1.54) is 83.5 Å². The van der Waals surface area contributed by atoms with E-state index in [0.29, 0.717) is 17.6 Å². The van der Waals surface area contributed by atoms with Crippen molar-refractivity contribution in [2.75, 3.05) is 33.8 Å². The summed E-state index contributed by atoms with van der Waals surface area (Å²) in [7, 11) is 4.13. The molecule has 0 saturated heterocycles. The number of ether oxygens (including phenoxy) is 1. The Bertz CT molecular complexity index is 302. The molecule has 0 N–H and O–H groups in total. The maximum absolute atomic E-state index is 11.7. The van der Waals surface area contributed by atoms with Crippen LogP contribution in [0.1, 0.15) is 104 Å². The summed E-state index contributed by atoms with van der Waals surface area (Å²) in [4.78, 5) is 11.7. The van der Waals surface area contributed by atoms with Gasteiger partial charge >= 0.3 is 5.97 Å². The fourth-order valence-electron chi connectivity index (χ4n) is 2.99. The van der Waals surface area contributed by atoms with Gasteiger partial charge in [0.1, 0.15) is 0 Å². The van der Waals surface area contributed by atoms with Gasteiger partial charge in [0.15, 0.2) is 6.54 Å². The average molecular weight is 357 g/mol. The molecule has 0 aromatic heterocycles. The number of carbonyl (C=O) groups excluding carboxylic acids is 1. The second kappa shape index (κ2) is 16.9. The molecule has 25 heavy (non-hydrogen) atoms. The van der Waals surface area contributed by atoms with Crippen LogP contribution in [0, 0.1) is 0 Å². The van der Waals surface area contributed by atoms with Crippen LogP contribution in [0.15, 0.2) is 0 Å². The first-order valence-electron chi connectivity index (χ1n) is 11.0. The normalized spacial score (nSPS) is 11.7. The molecule has 0 heterocycles. The Labute approximate surface area is 158 Å². The van der Waals surface area contributed by atoms with Gasteiger partial charge in [-0.15, -0.1) is 0 Å². The van der Waals surface area contributed by atoms with Gasteiger partial charge in [-0.3, -0.25) is 0 Å². The third-order valence-corrected chi connectivity index (χ3v) is 5.17. The number of rotatable bonds is 18. The van der Waals surface area contributed by atoms with Crippen LogP contribution in [0.5, 0.6) is 0 Å².